The zero-order chi connectivity index (χ0) is 11.5. The molecule has 0 aromatic rings. The van der Waals surface area contributed by atoms with Crippen molar-refractivity contribution in [3.63, 3.8) is 0 Å². The molecule has 0 rings (SSSR count). The maximum absolute atomic E-state index is 8.65. The fraction of sp³-hybridized carbons (Fsp3) is 1.00. The van der Waals surface area contributed by atoms with Crippen LogP contribution in [0.4, 0.5) is 0 Å². The highest BCUT2D eigenvalue weighted by Gasteiger charge is 2.06. The smallest absolute Gasteiger partial charge is 0.0431 e. The van der Waals surface area contributed by atoms with E-state index in [1.807, 2.05) is 0 Å². The van der Waals surface area contributed by atoms with Crippen LogP contribution in [0.5, 0.6) is 0 Å². The molecule has 3 heteroatoms. The minimum Gasteiger partial charge on any atom is -0.396 e. The Labute approximate surface area is 94.6 Å². The van der Waals surface area contributed by atoms with Crippen molar-refractivity contribution in [1.29, 1.82) is 0 Å². The third-order valence-corrected chi connectivity index (χ3v) is 2.80. The molecule has 0 aromatic carbocycles. The van der Waals surface area contributed by atoms with E-state index in [1.165, 1.54) is 19.4 Å². The molecule has 0 bridgehead atoms. The molecule has 0 aliphatic heterocycles. The summed E-state index contributed by atoms with van der Waals surface area (Å²) < 4.78 is 0. The van der Waals surface area contributed by atoms with E-state index in [2.05, 4.69) is 18.7 Å². The van der Waals surface area contributed by atoms with E-state index in [1.54, 1.807) is 0 Å². The first-order valence-corrected chi connectivity index (χ1v) is 6.27. The van der Waals surface area contributed by atoms with E-state index in [0.717, 1.165) is 32.5 Å². The van der Waals surface area contributed by atoms with Crippen LogP contribution in [-0.2, 0) is 0 Å². The normalized spacial score (nSPS) is 13.4. The van der Waals surface area contributed by atoms with E-state index >= 15 is 0 Å². The Hall–Kier alpha value is -0.120. The molecule has 0 spiro atoms. The van der Waals surface area contributed by atoms with Gasteiger partial charge < -0.3 is 15.7 Å². The van der Waals surface area contributed by atoms with E-state index < -0.39 is 0 Å². The summed E-state index contributed by atoms with van der Waals surface area (Å²) in [5.74, 6) is 0.599. The number of nitrogens with zero attached hydrogens (tertiary/aromatic N) is 1. The van der Waals surface area contributed by atoms with Crippen LogP contribution in [0, 0.1) is 5.92 Å². The van der Waals surface area contributed by atoms with Gasteiger partial charge in [-0.15, -0.1) is 0 Å². The van der Waals surface area contributed by atoms with Gasteiger partial charge in [0.25, 0.3) is 0 Å². The summed E-state index contributed by atoms with van der Waals surface area (Å²) in [6.07, 6.45) is 4.57. The number of rotatable bonds is 10. The SMILES string of the molecule is CCN(CCCCCCO)CC(C)CN. The molecular weight excluding hydrogens is 188 g/mol. The molecule has 0 amide bonds. The molecule has 0 saturated carbocycles. The van der Waals surface area contributed by atoms with E-state index in [0.29, 0.717) is 12.5 Å². The molecule has 0 heterocycles. The van der Waals surface area contributed by atoms with Crippen LogP contribution < -0.4 is 5.73 Å². The first kappa shape index (κ1) is 14.9. The Kier molecular flexibility index (Phi) is 10.3. The number of nitrogens with two attached hydrogens (primary N) is 1. The maximum Gasteiger partial charge on any atom is 0.0431 e. The maximum atomic E-state index is 8.65. The zero-order valence-electron chi connectivity index (χ0n) is 10.4. The third-order valence-electron chi connectivity index (χ3n) is 2.80. The lowest BCUT2D eigenvalue weighted by molar-refractivity contribution is 0.242. The minimum absolute atomic E-state index is 0.335. The van der Waals surface area contributed by atoms with Gasteiger partial charge in [-0.2, -0.15) is 0 Å². The fourth-order valence-electron chi connectivity index (χ4n) is 1.69. The van der Waals surface area contributed by atoms with Gasteiger partial charge >= 0.3 is 0 Å². The van der Waals surface area contributed by atoms with Crippen molar-refractivity contribution in [3.05, 3.63) is 0 Å². The first-order valence-electron chi connectivity index (χ1n) is 6.27. The van der Waals surface area contributed by atoms with Crippen LogP contribution >= 0.6 is 0 Å². The standard InChI is InChI=1S/C12H28N2O/c1-3-14(11-12(2)10-13)8-6-4-5-7-9-15/h12,15H,3-11,13H2,1-2H3. The molecule has 0 saturated heterocycles. The van der Waals surface area contributed by atoms with Crippen LogP contribution in [-0.4, -0.2) is 42.8 Å². The summed E-state index contributed by atoms with van der Waals surface area (Å²) in [4.78, 5) is 2.47. The molecule has 0 fully saturated rings. The van der Waals surface area contributed by atoms with Gasteiger partial charge in [0.2, 0.25) is 0 Å². The molecule has 0 aromatic heterocycles. The van der Waals surface area contributed by atoms with E-state index in [4.69, 9.17) is 10.8 Å². The topological polar surface area (TPSA) is 49.5 Å². The Morgan fingerprint density at radius 1 is 1.20 bits per heavy atom. The van der Waals surface area contributed by atoms with Crippen molar-refractivity contribution in [2.75, 3.05) is 32.8 Å². The minimum atomic E-state index is 0.335. The van der Waals surface area contributed by atoms with E-state index in [-0.39, 0.29) is 0 Å². The van der Waals surface area contributed by atoms with Gasteiger partial charge in [0.05, 0.1) is 0 Å². The van der Waals surface area contributed by atoms with Crippen LogP contribution in [0.1, 0.15) is 39.5 Å². The Balaban J connectivity index is 3.44. The van der Waals surface area contributed by atoms with Crippen LogP contribution in [0.3, 0.4) is 0 Å². The number of hydrogen-bond acceptors (Lipinski definition) is 3. The number of hydrogen-bond donors (Lipinski definition) is 2. The lowest BCUT2D eigenvalue weighted by atomic mass is 10.1. The largest absolute Gasteiger partial charge is 0.396 e. The second kappa shape index (κ2) is 10.4. The lowest BCUT2D eigenvalue weighted by Crippen LogP contribution is -2.32. The molecule has 3 N–H and O–H groups in total. The molecule has 92 valence electrons. The number of aliphatic hydroxyl groups is 1. The molecule has 3 nitrogen and oxygen atoms in total. The Morgan fingerprint density at radius 3 is 2.40 bits per heavy atom. The summed E-state index contributed by atoms with van der Waals surface area (Å²) in [5, 5.41) is 8.65. The average Bonchev–Trinajstić information content (AvgIpc) is 2.26. The summed E-state index contributed by atoms with van der Waals surface area (Å²) in [7, 11) is 0. The van der Waals surface area contributed by atoms with Crippen molar-refractivity contribution in [2.24, 2.45) is 11.7 Å². The summed E-state index contributed by atoms with van der Waals surface area (Å²) in [6.45, 7) is 8.93. The van der Waals surface area contributed by atoms with Gasteiger partial charge in [0.15, 0.2) is 0 Å². The van der Waals surface area contributed by atoms with Crippen molar-refractivity contribution in [1.82, 2.24) is 4.90 Å². The molecular formula is C12H28N2O. The second-order valence-corrected chi connectivity index (χ2v) is 4.37. The van der Waals surface area contributed by atoms with Crippen molar-refractivity contribution < 1.29 is 5.11 Å². The molecule has 1 unspecified atom stereocenters. The molecule has 0 radical (unpaired) electrons. The van der Waals surface area contributed by atoms with Crippen molar-refractivity contribution in [3.8, 4) is 0 Å². The number of unbranched alkanes of at least 4 members (excludes halogenated alkanes) is 3. The van der Waals surface area contributed by atoms with Gasteiger partial charge in [0, 0.05) is 13.2 Å². The predicted molar refractivity (Wildman–Crippen MR) is 65.9 cm³/mol. The van der Waals surface area contributed by atoms with Gasteiger partial charge in [-0.25, -0.2) is 0 Å². The highest BCUT2D eigenvalue weighted by molar-refractivity contribution is 4.62. The van der Waals surface area contributed by atoms with Crippen LogP contribution in [0.2, 0.25) is 0 Å². The second-order valence-electron chi connectivity index (χ2n) is 4.37. The highest BCUT2D eigenvalue weighted by Crippen LogP contribution is 2.04. The third kappa shape index (κ3) is 8.85. The highest BCUT2D eigenvalue weighted by atomic mass is 16.2. The van der Waals surface area contributed by atoms with Crippen LogP contribution in [0.15, 0.2) is 0 Å². The fourth-order valence-corrected chi connectivity index (χ4v) is 1.69. The van der Waals surface area contributed by atoms with Crippen molar-refractivity contribution in [2.45, 2.75) is 39.5 Å². The predicted octanol–water partition coefficient (Wildman–Crippen LogP) is 1.46. The zero-order valence-corrected chi connectivity index (χ0v) is 10.4. The lowest BCUT2D eigenvalue weighted by Gasteiger charge is -2.23. The molecule has 1 atom stereocenters. The monoisotopic (exact) mass is 216 g/mol. The quantitative estimate of drug-likeness (QED) is 0.544. The first-order chi connectivity index (χ1) is 7.24. The summed E-state index contributed by atoms with van der Waals surface area (Å²) in [6, 6.07) is 0. The summed E-state index contributed by atoms with van der Waals surface area (Å²) in [5.41, 5.74) is 5.61. The van der Waals surface area contributed by atoms with Gasteiger partial charge in [-0.05, 0) is 38.4 Å². The molecule has 0 aliphatic carbocycles. The van der Waals surface area contributed by atoms with Gasteiger partial charge in [-0.3, -0.25) is 0 Å². The Morgan fingerprint density at radius 2 is 1.87 bits per heavy atom. The van der Waals surface area contributed by atoms with Crippen molar-refractivity contribution >= 4 is 0 Å². The molecule has 0 aliphatic rings. The number of aliphatic hydroxyl groups excluding tert-OH is 1. The van der Waals surface area contributed by atoms with Gasteiger partial charge in [-0.1, -0.05) is 26.7 Å². The Bertz CT molecular complexity index is 131. The average molecular weight is 216 g/mol. The van der Waals surface area contributed by atoms with E-state index in [9.17, 15) is 0 Å². The van der Waals surface area contributed by atoms with Crippen LogP contribution in [0.25, 0.3) is 0 Å². The summed E-state index contributed by atoms with van der Waals surface area (Å²) >= 11 is 0. The molecule has 15 heavy (non-hydrogen) atoms. The van der Waals surface area contributed by atoms with Gasteiger partial charge in [0.1, 0.15) is 0 Å².